The normalized spacial score (nSPS) is 22.0. The monoisotopic (exact) mass is 386 g/mol. The van der Waals surface area contributed by atoms with E-state index in [0.717, 1.165) is 25.1 Å². The van der Waals surface area contributed by atoms with Crippen molar-refractivity contribution in [1.82, 2.24) is 10.0 Å². The lowest BCUT2D eigenvalue weighted by Crippen LogP contribution is -2.52. The Morgan fingerprint density at radius 2 is 2.12 bits per heavy atom. The van der Waals surface area contributed by atoms with Crippen molar-refractivity contribution in [2.45, 2.75) is 29.5 Å². The van der Waals surface area contributed by atoms with Crippen LogP contribution in [0.15, 0.2) is 23.1 Å². The highest BCUT2D eigenvalue weighted by atomic mass is 35.5. The zero-order valence-electron chi connectivity index (χ0n) is 12.9. The first kappa shape index (κ1) is 19.5. The van der Waals surface area contributed by atoms with Gasteiger partial charge in [-0.1, -0.05) is 11.6 Å². The first-order valence-electron chi connectivity index (χ1n) is 7.20. The molecule has 1 aliphatic heterocycles. The molecular formula is C14H18ClF3N2O3S. The molecular weight excluding hydrogens is 369 g/mol. The van der Waals surface area contributed by atoms with Gasteiger partial charge in [-0.3, -0.25) is 0 Å². The predicted octanol–water partition coefficient (Wildman–Crippen LogP) is 2.41. The van der Waals surface area contributed by atoms with Crippen molar-refractivity contribution in [1.29, 1.82) is 0 Å². The molecule has 1 heterocycles. The van der Waals surface area contributed by atoms with Crippen LogP contribution in [0.5, 0.6) is 0 Å². The highest BCUT2D eigenvalue weighted by molar-refractivity contribution is 7.89. The lowest BCUT2D eigenvalue weighted by atomic mass is 9.99. The standard InChI is InChI=1S/C14H18ClF3N2O3S/c1-23-9-13(5-2-6-19-13)8-20-24(21,22)10-3-4-12(15)11(7-10)14(16,17)18/h3-4,7,19-20H,2,5-6,8-9H2,1H3. The van der Waals surface area contributed by atoms with Gasteiger partial charge >= 0.3 is 6.18 Å². The van der Waals surface area contributed by atoms with Crippen molar-refractivity contribution in [2.75, 3.05) is 26.8 Å². The molecule has 2 rings (SSSR count). The summed E-state index contributed by atoms with van der Waals surface area (Å²) in [5.74, 6) is 0. The third-order valence-electron chi connectivity index (χ3n) is 3.91. The Labute approximate surface area is 143 Å². The molecule has 1 atom stereocenters. The molecule has 0 spiro atoms. The van der Waals surface area contributed by atoms with Crippen LogP contribution in [-0.4, -0.2) is 40.8 Å². The van der Waals surface area contributed by atoms with Crippen LogP contribution in [0.2, 0.25) is 5.02 Å². The largest absolute Gasteiger partial charge is 0.417 e. The van der Waals surface area contributed by atoms with E-state index in [2.05, 4.69) is 10.0 Å². The summed E-state index contributed by atoms with van der Waals surface area (Å²) in [6.45, 7) is 1.04. The Morgan fingerprint density at radius 3 is 2.67 bits per heavy atom. The molecule has 5 nitrogen and oxygen atoms in total. The van der Waals surface area contributed by atoms with Crippen molar-refractivity contribution in [3.8, 4) is 0 Å². The van der Waals surface area contributed by atoms with Crippen LogP contribution in [-0.2, 0) is 20.9 Å². The van der Waals surface area contributed by atoms with Gasteiger partial charge < -0.3 is 10.1 Å². The summed E-state index contributed by atoms with van der Waals surface area (Å²) in [5.41, 5.74) is -1.74. The van der Waals surface area contributed by atoms with Crippen molar-refractivity contribution >= 4 is 21.6 Å². The minimum absolute atomic E-state index is 0.0210. The summed E-state index contributed by atoms with van der Waals surface area (Å²) < 4.78 is 70.8. The van der Waals surface area contributed by atoms with Gasteiger partial charge in [0.2, 0.25) is 10.0 Å². The predicted molar refractivity (Wildman–Crippen MR) is 83.5 cm³/mol. The smallest absolute Gasteiger partial charge is 0.383 e. The number of alkyl halides is 3. The maximum Gasteiger partial charge on any atom is 0.417 e. The number of sulfonamides is 1. The van der Waals surface area contributed by atoms with Gasteiger partial charge in [0.15, 0.2) is 0 Å². The van der Waals surface area contributed by atoms with E-state index in [1.54, 1.807) is 0 Å². The molecule has 0 aliphatic carbocycles. The lowest BCUT2D eigenvalue weighted by Gasteiger charge is -2.28. The molecule has 136 valence electrons. The minimum Gasteiger partial charge on any atom is -0.383 e. The molecule has 0 saturated carbocycles. The van der Waals surface area contributed by atoms with Crippen LogP contribution >= 0.6 is 11.6 Å². The fourth-order valence-corrected chi connectivity index (χ4v) is 4.05. The van der Waals surface area contributed by atoms with Crippen molar-refractivity contribution in [2.24, 2.45) is 0 Å². The third kappa shape index (κ3) is 4.40. The molecule has 0 aromatic heterocycles. The second-order valence-electron chi connectivity index (χ2n) is 5.71. The Morgan fingerprint density at radius 1 is 1.42 bits per heavy atom. The van der Waals surface area contributed by atoms with Gasteiger partial charge in [0, 0.05) is 13.7 Å². The van der Waals surface area contributed by atoms with Crippen LogP contribution in [0.4, 0.5) is 13.2 Å². The maximum atomic E-state index is 12.9. The summed E-state index contributed by atoms with van der Waals surface area (Å²) in [6, 6.07) is 2.51. The van der Waals surface area contributed by atoms with Crippen molar-refractivity contribution in [3.63, 3.8) is 0 Å². The van der Waals surface area contributed by atoms with E-state index in [-0.39, 0.29) is 6.54 Å². The second kappa shape index (κ2) is 7.17. The second-order valence-corrected chi connectivity index (χ2v) is 7.88. The van der Waals surface area contributed by atoms with E-state index >= 15 is 0 Å². The van der Waals surface area contributed by atoms with Crippen LogP contribution in [0.1, 0.15) is 18.4 Å². The summed E-state index contributed by atoms with van der Waals surface area (Å²) in [4.78, 5) is -0.482. The van der Waals surface area contributed by atoms with E-state index < -0.39 is 37.2 Å². The number of nitrogens with one attached hydrogen (secondary N) is 2. The third-order valence-corrected chi connectivity index (χ3v) is 5.64. The number of rotatable bonds is 6. The lowest BCUT2D eigenvalue weighted by molar-refractivity contribution is -0.137. The van der Waals surface area contributed by atoms with Gasteiger partial charge in [-0.05, 0) is 37.6 Å². The quantitative estimate of drug-likeness (QED) is 0.788. The average Bonchev–Trinajstić information content (AvgIpc) is 2.94. The Bertz CT molecular complexity index is 689. The van der Waals surface area contributed by atoms with Gasteiger partial charge in [-0.25, -0.2) is 13.1 Å². The molecule has 1 saturated heterocycles. The molecule has 0 bridgehead atoms. The fourth-order valence-electron chi connectivity index (χ4n) is 2.68. The van der Waals surface area contributed by atoms with E-state index in [1.807, 2.05) is 0 Å². The fraction of sp³-hybridized carbons (Fsp3) is 0.571. The topological polar surface area (TPSA) is 67.4 Å². The molecule has 1 aromatic rings. The maximum absolute atomic E-state index is 12.9. The summed E-state index contributed by atoms with van der Waals surface area (Å²) in [6.07, 6.45) is -3.16. The highest BCUT2D eigenvalue weighted by Gasteiger charge is 2.36. The molecule has 0 radical (unpaired) electrons. The Balaban J connectivity index is 2.21. The van der Waals surface area contributed by atoms with E-state index in [0.29, 0.717) is 19.1 Å². The summed E-state index contributed by atoms with van der Waals surface area (Å²) >= 11 is 5.51. The Kier molecular flexibility index (Phi) is 5.81. The number of benzene rings is 1. The first-order valence-corrected chi connectivity index (χ1v) is 9.06. The van der Waals surface area contributed by atoms with Gasteiger partial charge in [0.1, 0.15) is 0 Å². The van der Waals surface area contributed by atoms with Gasteiger partial charge in [-0.2, -0.15) is 13.2 Å². The molecule has 1 fully saturated rings. The zero-order chi connectivity index (χ0) is 18.0. The zero-order valence-corrected chi connectivity index (χ0v) is 14.5. The SMILES string of the molecule is COCC1(CNS(=O)(=O)c2ccc(Cl)c(C(F)(F)F)c2)CCCN1. The van der Waals surface area contributed by atoms with Gasteiger partial charge in [-0.15, -0.1) is 0 Å². The van der Waals surface area contributed by atoms with E-state index in [4.69, 9.17) is 16.3 Å². The van der Waals surface area contributed by atoms with Crippen molar-refractivity contribution in [3.05, 3.63) is 28.8 Å². The summed E-state index contributed by atoms with van der Waals surface area (Å²) in [7, 11) is -2.60. The molecule has 2 N–H and O–H groups in total. The number of hydrogen-bond acceptors (Lipinski definition) is 4. The van der Waals surface area contributed by atoms with Crippen LogP contribution in [0, 0.1) is 0 Å². The summed E-state index contributed by atoms with van der Waals surface area (Å²) in [5, 5.41) is 2.64. The Hall–Kier alpha value is -0.870. The van der Waals surface area contributed by atoms with E-state index in [9.17, 15) is 21.6 Å². The molecule has 0 amide bonds. The van der Waals surface area contributed by atoms with Gasteiger partial charge in [0.05, 0.1) is 27.6 Å². The van der Waals surface area contributed by atoms with Gasteiger partial charge in [0.25, 0.3) is 0 Å². The van der Waals surface area contributed by atoms with Crippen LogP contribution < -0.4 is 10.0 Å². The molecule has 1 unspecified atom stereocenters. The van der Waals surface area contributed by atoms with Crippen LogP contribution in [0.3, 0.4) is 0 Å². The first-order chi connectivity index (χ1) is 11.1. The van der Waals surface area contributed by atoms with E-state index in [1.165, 1.54) is 7.11 Å². The number of methoxy groups -OCH3 is 1. The minimum atomic E-state index is -4.73. The average molecular weight is 387 g/mol. The van der Waals surface area contributed by atoms with Crippen molar-refractivity contribution < 1.29 is 26.3 Å². The number of hydrogen-bond donors (Lipinski definition) is 2. The molecule has 24 heavy (non-hydrogen) atoms. The highest BCUT2D eigenvalue weighted by Crippen LogP contribution is 2.36. The number of ether oxygens (including phenoxy) is 1. The molecule has 10 heteroatoms. The van der Waals surface area contributed by atoms with Crippen LogP contribution in [0.25, 0.3) is 0 Å². The molecule has 1 aliphatic rings. The molecule has 1 aromatic carbocycles. The number of halogens is 4.